The Bertz CT molecular complexity index is 982. The minimum absolute atomic E-state index is 0.360. The lowest BCUT2D eigenvalue weighted by atomic mass is 9.88. The second-order valence-corrected chi connectivity index (χ2v) is 7.95. The highest BCUT2D eigenvalue weighted by Crippen LogP contribution is 2.40. The van der Waals surface area contributed by atoms with Crippen molar-refractivity contribution in [3.8, 4) is 11.5 Å². The molecule has 1 aliphatic heterocycles. The largest absolute Gasteiger partial charge is 0.493 e. The van der Waals surface area contributed by atoms with E-state index in [1.807, 2.05) is 0 Å². The highest BCUT2D eigenvalue weighted by atomic mass is 16.5. The second kappa shape index (κ2) is 9.54. The summed E-state index contributed by atoms with van der Waals surface area (Å²) in [5.74, 6) is 1.63. The van der Waals surface area contributed by atoms with Crippen molar-refractivity contribution in [1.82, 2.24) is 9.88 Å². The molecule has 2 heterocycles. The van der Waals surface area contributed by atoms with Crippen molar-refractivity contribution < 1.29 is 14.2 Å². The number of ether oxygens (including phenoxy) is 3. The van der Waals surface area contributed by atoms with Crippen LogP contribution in [0.15, 0.2) is 42.6 Å². The Hall–Kier alpha value is -2.50. The molecule has 1 aromatic heterocycles. The van der Waals surface area contributed by atoms with Gasteiger partial charge in [-0.15, -0.1) is 0 Å². The van der Waals surface area contributed by atoms with Crippen molar-refractivity contribution in [2.75, 3.05) is 41.0 Å². The first kappa shape index (κ1) is 20.8. The quantitative estimate of drug-likeness (QED) is 0.519. The zero-order chi connectivity index (χ0) is 20.9. The van der Waals surface area contributed by atoms with Crippen molar-refractivity contribution >= 4 is 10.9 Å². The maximum atomic E-state index is 5.62. The SMILES string of the molecule is COCCCN1CCc2cc(OC)c(OC)cc2C1CCc1c[nH]c2ccccc12. The fourth-order valence-electron chi connectivity index (χ4n) is 4.73. The third-order valence-corrected chi connectivity index (χ3v) is 6.27. The first-order chi connectivity index (χ1) is 14.7. The van der Waals surface area contributed by atoms with Crippen LogP contribution in [0.2, 0.25) is 0 Å². The van der Waals surface area contributed by atoms with Crippen LogP contribution in [-0.4, -0.2) is 50.9 Å². The maximum absolute atomic E-state index is 5.62. The summed E-state index contributed by atoms with van der Waals surface area (Å²) in [5.41, 5.74) is 5.34. The van der Waals surface area contributed by atoms with Gasteiger partial charge in [0.2, 0.25) is 0 Å². The van der Waals surface area contributed by atoms with Crippen LogP contribution >= 0.6 is 0 Å². The van der Waals surface area contributed by atoms with Crippen LogP contribution in [0.3, 0.4) is 0 Å². The minimum atomic E-state index is 0.360. The zero-order valence-corrected chi connectivity index (χ0v) is 18.2. The maximum Gasteiger partial charge on any atom is 0.161 e. The Morgan fingerprint density at radius 1 is 1.07 bits per heavy atom. The monoisotopic (exact) mass is 408 g/mol. The third-order valence-electron chi connectivity index (χ3n) is 6.27. The highest BCUT2D eigenvalue weighted by molar-refractivity contribution is 5.83. The number of hydrogen-bond donors (Lipinski definition) is 1. The fraction of sp³-hybridized carbons (Fsp3) is 0.440. The fourth-order valence-corrected chi connectivity index (χ4v) is 4.73. The van der Waals surface area contributed by atoms with Crippen LogP contribution in [0.4, 0.5) is 0 Å². The predicted octanol–water partition coefficient (Wildman–Crippen LogP) is 4.75. The van der Waals surface area contributed by atoms with Crippen LogP contribution < -0.4 is 9.47 Å². The first-order valence-corrected chi connectivity index (χ1v) is 10.8. The van der Waals surface area contributed by atoms with Crippen molar-refractivity contribution in [1.29, 1.82) is 0 Å². The van der Waals surface area contributed by atoms with Gasteiger partial charge in [0.05, 0.1) is 14.2 Å². The molecule has 0 saturated carbocycles. The molecule has 2 aromatic carbocycles. The number of nitrogens with one attached hydrogen (secondary N) is 1. The summed E-state index contributed by atoms with van der Waals surface area (Å²) in [7, 11) is 5.19. The van der Waals surface area contributed by atoms with Gasteiger partial charge in [-0.3, -0.25) is 4.90 Å². The lowest BCUT2D eigenvalue weighted by Crippen LogP contribution is -2.37. The van der Waals surface area contributed by atoms with E-state index >= 15 is 0 Å². The number of aromatic amines is 1. The molecule has 0 bridgehead atoms. The topological polar surface area (TPSA) is 46.7 Å². The van der Waals surface area contributed by atoms with E-state index in [2.05, 4.69) is 52.5 Å². The molecule has 0 fully saturated rings. The van der Waals surface area contributed by atoms with E-state index in [-0.39, 0.29) is 0 Å². The first-order valence-electron chi connectivity index (χ1n) is 10.8. The molecule has 1 N–H and O–H groups in total. The molecule has 160 valence electrons. The lowest BCUT2D eigenvalue weighted by molar-refractivity contribution is 0.138. The van der Waals surface area contributed by atoms with Gasteiger partial charge in [-0.2, -0.15) is 0 Å². The van der Waals surface area contributed by atoms with Gasteiger partial charge in [0, 0.05) is 49.9 Å². The van der Waals surface area contributed by atoms with Crippen LogP contribution in [0.25, 0.3) is 10.9 Å². The van der Waals surface area contributed by atoms with E-state index < -0.39 is 0 Å². The molecule has 0 saturated heterocycles. The number of methoxy groups -OCH3 is 3. The molecular weight excluding hydrogens is 376 g/mol. The van der Waals surface area contributed by atoms with Gasteiger partial charge in [0.25, 0.3) is 0 Å². The molecule has 1 unspecified atom stereocenters. The number of H-pyrrole nitrogens is 1. The van der Waals surface area contributed by atoms with Gasteiger partial charge in [0.15, 0.2) is 11.5 Å². The summed E-state index contributed by atoms with van der Waals surface area (Å²) < 4.78 is 16.5. The van der Waals surface area contributed by atoms with Gasteiger partial charge in [0.1, 0.15) is 0 Å². The number of benzene rings is 2. The Labute approximate surface area is 178 Å². The number of nitrogens with zero attached hydrogens (tertiary/aromatic N) is 1. The number of aryl methyl sites for hydroxylation is 1. The normalized spacial score (nSPS) is 16.6. The van der Waals surface area contributed by atoms with Crippen LogP contribution in [-0.2, 0) is 17.6 Å². The van der Waals surface area contributed by atoms with E-state index in [1.54, 1.807) is 21.3 Å². The standard InChI is InChI=1S/C25H32N2O3/c1-28-14-6-12-27-13-11-18-15-24(29-2)25(30-3)16-21(18)23(27)10-9-19-17-26-22-8-5-4-7-20(19)22/h4-5,7-8,15-17,23,26H,6,9-14H2,1-3H3. The van der Waals surface area contributed by atoms with E-state index in [9.17, 15) is 0 Å². The van der Waals surface area contributed by atoms with Crippen LogP contribution in [0.5, 0.6) is 11.5 Å². The van der Waals surface area contributed by atoms with Gasteiger partial charge in [-0.25, -0.2) is 0 Å². The predicted molar refractivity (Wildman–Crippen MR) is 121 cm³/mol. The van der Waals surface area contributed by atoms with Crippen LogP contribution in [0.1, 0.15) is 35.6 Å². The second-order valence-electron chi connectivity index (χ2n) is 7.95. The number of fused-ring (bicyclic) bond motifs is 2. The molecule has 1 aliphatic rings. The van der Waals surface area contributed by atoms with Gasteiger partial charge in [-0.1, -0.05) is 18.2 Å². The smallest absolute Gasteiger partial charge is 0.161 e. The van der Waals surface area contributed by atoms with Crippen molar-refractivity contribution in [3.63, 3.8) is 0 Å². The van der Waals surface area contributed by atoms with Crippen molar-refractivity contribution in [2.24, 2.45) is 0 Å². The molecule has 0 aliphatic carbocycles. The molecule has 0 spiro atoms. The Morgan fingerprint density at radius 3 is 2.67 bits per heavy atom. The van der Waals surface area contributed by atoms with Crippen molar-refractivity contribution in [2.45, 2.75) is 31.7 Å². The van der Waals surface area contributed by atoms with Crippen LogP contribution in [0, 0.1) is 0 Å². The number of hydrogen-bond acceptors (Lipinski definition) is 4. The molecule has 5 nitrogen and oxygen atoms in total. The lowest BCUT2D eigenvalue weighted by Gasteiger charge is -2.38. The Kier molecular flexibility index (Phi) is 6.60. The minimum Gasteiger partial charge on any atom is -0.493 e. The average molecular weight is 409 g/mol. The van der Waals surface area contributed by atoms with E-state index in [0.717, 1.165) is 56.9 Å². The molecule has 5 heteroatoms. The van der Waals surface area contributed by atoms with E-state index in [4.69, 9.17) is 14.2 Å². The molecular formula is C25H32N2O3. The third kappa shape index (κ3) is 4.18. The van der Waals surface area contributed by atoms with Gasteiger partial charge >= 0.3 is 0 Å². The van der Waals surface area contributed by atoms with Crippen molar-refractivity contribution in [3.05, 3.63) is 59.3 Å². The van der Waals surface area contributed by atoms with Gasteiger partial charge in [-0.05, 0) is 60.6 Å². The molecule has 0 radical (unpaired) electrons. The number of rotatable bonds is 9. The summed E-state index contributed by atoms with van der Waals surface area (Å²) >= 11 is 0. The zero-order valence-electron chi connectivity index (χ0n) is 18.2. The highest BCUT2D eigenvalue weighted by Gasteiger charge is 2.28. The Balaban J connectivity index is 1.62. The summed E-state index contributed by atoms with van der Waals surface area (Å²) in [6.07, 6.45) is 6.34. The molecule has 1 atom stereocenters. The van der Waals surface area contributed by atoms with Gasteiger partial charge < -0.3 is 19.2 Å². The molecule has 4 rings (SSSR count). The molecule has 3 aromatic rings. The summed E-state index contributed by atoms with van der Waals surface area (Å²) in [6.45, 7) is 2.90. The summed E-state index contributed by atoms with van der Waals surface area (Å²) in [6, 6.07) is 13.3. The molecule has 0 amide bonds. The Morgan fingerprint density at radius 2 is 1.87 bits per heavy atom. The number of aromatic nitrogens is 1. The summed E-state index contributed by atoms with van der Waals surface area (Å²) in [4.78, 5) is 6.03. The average Bonchev–Trinajstić information content (AvgIpc) is 3.20. The van der Waals surface area contributed by atoms with E-state index in [1.165, 1.54) is 27.6 Å². The van der Waals surface area contributed by atoms with E-state index in [0.29, 0.717) is 6.04 Å². The summed E-state index contributed by atoms with van der Waals surface area (Å²) in [5, 5.41) is 1.33. The molecule has 30 heavy (non-hydrogen) atoms. The number of para-hydroxylation sites is 1.